The second-order valence-corrected chi connectivity index (χ2v) is 6.60. The molecule has 1 aliphatic carbocycles. The molecule has 2 N–H and O–H groups in total. The monoisotopic (exact) mass is 294 g/mol. The summed E-state index contributed by atoms with van der Waals surface area (Å²) in [6.45, 7) is 4.88. The fourth-order valence-corrected chi connectivity index (χ4v) is 3.03. The number of para-hydroxylation sites is 1. The molecule has 1 amide bonds. The van der Waals surface area contributed by atoms with Gasteiger partial charge in [-0.1, -0.05) is 50.4 Å². The minimum absolute atomic E-state index is 0.0422. The van der Waals surface area contributed by atoms with E-state index in [0.717, 1.165) is 6.42 Å². The Kier molecular flexibility index (Phi) is 5.06. The molecule has 3 nitrogen and oxygen atoms in total. The highest BCUT2D eigenvalue weighted by Gasteiger charge is 2.31. The smallest absolute Gasteiger partial charge is 0.238 e. The number of anilines is 1. The molecule has 1 saturated carbocycles. The van der Waals surface area contributed by atoms with Crippen molar-refractivity contribution in [1.29, 1.82) is 0 Å². The maximum atomic E-state index is 12.0. The lowest BCUT2D eigenvalue weighted by Crippen LogP contribution is -2.46. The van der Waals surface area contributed by atoms with Crippen molar-refractivity contribution in [2.75, 3.05) is 11.9 Å². The van der Waals surface area contributed by atoms with Crippen LogP contribution < -0.4 is 10.6 Å². The number of amides is 1. The lowest BCUT2D eigenvalue weighted by atomic mass is 9.73. The van der Waals surface area contributed by atoms with Crippen LogP contribution in [0.5, 0.6) is 0 Å². The van der Waals surface area contributed by atoms with Gasteiger partial charge in [-0.15, -0.1) is 0 Å². The van der Waals surface area contributed by atoms with Crippen LogP contribution in [0.4, 0.5) is 5.69 Å². The molecule has 0 aliphatic heterocycles. The van der Waals surface area contributed by atoms with E-state index in [2.05, 4.69) is 24.5 Å². The van der Waals surface area contributed by atoms with E-state index in [-0.39, 0.29) is 11.3 Å². The number of nitrogens with one attached hydrogen (secondary N) is 2. The third-order valence-corrected chi connectivity index (χ3v) is 4.49. The second kappa shape index (κ2) is 6.59. The van der Waals surface area contributed by atoms with Gasteiger partial charge >= 0.3 is 0 Å². The highest BCUT2D eigenvalue weighted by Crippen LogP contribution is 2.35. The van der Waals surface area contributed by atoms with Crippen LogP contribution in [-0.4, -0.2) is 18.5 Å². The highest BCUT2D eigenvalue weighted by atomic mass is 35.5. The largest absolute Gasteiger partial charge is 0.324 e. The Morgan fingerprint density at radius 1 is 1.35 bits per heavy atom. The topological polar surface area (TPSA) is 41.1 Å². The predicted molar refractivity (Wildman–Crippen MR) is 84.1 cm³/mol. The van der Waals surface area contributed by atoms with E-state index in [0.29, 0.717) is 23.3 Å². The average Bonchev–Trinajstić information content (AvgIpc) is 2.40. The zero-order valence-electron chi connectivity index (χ0n) is 12.2. The van der Waals surface area contributed by atoms with Crippen LogP contribution in [0.2, 0.25) is 5.02 Å². The molecule has 1 aromatic rings. The van der Waals surface area contributed by atoms with Crippen molar-refractivity contribution in [3.05, 3.63) is 29.3 Å². The van der Waals surface area contributed by atoms with Crippen LogP contribution in [0.3, 0.4) is 0 Å². The van der Waals surface area contributed by atoms with Gasteiger partial charge in [-0.3, -0.25) is 4.79 Å². The number of hydrogen-bond acceptors (Lipinski definition) is 2. The summed E-state index contributed by atoms with van der Waals surface area (Å²) in [5.41, 5.74) is 0.937. The lowest BCUT2D eigenvalue weighted by molar-refractivity contribution is -0.115. The zero-order valence-corrected chi connectivity index (χ0v) is 13.0. The summed E-state index contributed by atoms with van der Waals surface area (Å²) in [6, 6.07) is 7.70. The van der Waals surface area contributed by atoms with Gasteiger partial charge in [0.2, 0.25) is 5.91 Å². The summed E-state index contributed by atoms with van der Waals surface area (Å²) in [4.78, 5) is 12.0. The maximum absolute atomic E-state index is 12.0. The molecular formula is C16H23ClN2O. The van der Waals surface area contributed by atoms with Crippen LogP contribution in [-0.2, 0) is 4.79 Å². The molecule has 4 heteroatoms. The number of halogens is 1. The molecule has 0 saturated heterocycles. The van der Waals surface area contributed by atoms with Crippen molar-refractivity contribution >= 4 is 23.2 Å². The normalized spacial score (nSPS) is 21.4. The molecule has 0 aromatic heterocycles. The number of carbonyl (C=O) groups excluding carboxylic acids is 1. The van der Waals surface area contributed by atoms with E-state index in [1.807, 2.05) is 18.2 Å². The molecule has 1 atom stereocenters. The number of benzene rings is 1. The molecule has 1 aliphatic rings. The molecule has 2 rings (SSSR count). The van der Waals surface area contributed by atoms with Crippen LogP contribution >= 0.6 is 11.6 Å². The van der Waals surface area contributed by atoms with E-state index < -0.39 is 0 Å². The molecule has 0 heterocycles. The minimum atomic E-state index is -0.0422. The number of hydrogen-bond donors (Lipinski definition) is 2. The fourth-order valence-electron chi connectivity index (χ4n) is 2.85. The summed E-state index contributed by atoms with van der Waals surface area (Å²) < 4.78 is 0. The van der Waals surface area contributed by atoms with E-state index in [9.17, 15) is 4.79 Å². The Labute approximate surface area is 126 Å². The van der Waals surface area contributed by atoms with E-state index in [4.69, 9.17) is 11.6 Å². The first-order valence-corrected chi connectivity index (χ1v) is 7.64. The van der Waals surface area contributed by atoms with Gasteiger partial charge in [0.15, 0.2) is 0 Å². The van der Waals surface area contributed by atoms with E-state index in [1.54, 1.807) is 6.07 Å². The van der Waals surface area contributed by atoms with Gasteiger partial charge in [-0.05, 0) is 30.4 Å². The Morgan fingerprint density at radius 2 is 2.10 bits per heavy atom. The Morgan fingerprint density at radius 3 is 2.80 bits per heavy atom. The van der Waals surface area contributed by atoms with Crippen LogP contribution in [0.1, 0.15) is 39.5 Å². The first-order chi connectivity index (χ1) is 9.49. The quantitative estimate of drug-likeness (QED) is 0.886. The van der Waals surface area contributed by atoms with E-state index >= 15 is 0 Å². The summed E-state index contributed by atoms with van der Waals surface area (Å²) in [5.74, 6) is -0.0422. The van der Waals surface area contributed by atoms with Crippen molar-refractivity contribution < 1.29 is 4.79 Å². The van der Waals surface area contributed by atoms with Gasteiger partial charge in [0, 0.05) is 6.04 Å². The number of rotatable bonds is 4. The predicted octanol–water partition coefficient (Wildman–Crippen LogP) is 3.84. The molecule has 0 radical (unpaired) electrons. The van der Waals surface area contributed by atoms with Crippen molar-refractivity contribution in [3.8, 4) is 0 Å². The number of carbonyl (C=O) groups is 1. The van der Waals surface area contributed by atoms with Crippen LogP contribution in [0.15, 0.2) is 24.3 Å². The van der Waals surface area contributed by atoms with Gasteiger partial charge < -0.3 is 10.6 Å². The van der Waals surface area contributed by atoms with Crippen molar-refractivity contribution in [1.82, 2.24) is 5.32 Å². The molecule has 1 aromatic carbocycles. The van der Waals surface area contributed by atoms with Gasteiger partial charge in [-0.25, -0.2) is 0 Å². The lowest BCUT2D eigenvalue weighted by Gasteiger charge is -2.39. The highest BCUT2D eigenvalue weighted by molar-refractivity contribution is 6.33. The zero-order chi connectivity index (χ0) is 14.6. The third kappa shape index (κ3) is 3.97. The van der Waals surface area contributed by atoms with E-state index in [1.165, 1.54) is 19.3 Å². The molecule has 1 unspecified atom stereocenters. The Balaban J connectivity index is 1.85. The SMILES string of the molecule is CC1(C)CCCCC1NCC(=O)Nc1ccccc1Cl. The van der Waals surface area contributed by atoms with Crippen LogP contribution in [0, 0.1) is 5.41 Å². The minimum Gasteiger partial charge on any atom is -0.324 e. The van der Waals surface area contributed by atoms with Gasteiger partial charge in [0.05, 0.1) is 17.3 Å². The average molecular weight is 295 g/mol. The van der Waals surface area contributed by atoms with Crippen molar-refractivity contribution in [2.45, 2.75) is 45.6 Å². The standard InChI is InChI=1S/C16H23ClN2O/c1-16(2)10-6-5-9-14(16)18-11-15(20)19-13-8-4-3-7-12(13)17/h3-4,7-8,14,18H,5-6,9-11H2,1-2H3,(H,19,20). The summed E-state index contributed by atoms with van der Waals surface area (Å²) in [5, 5.41) is 6.81. The first kappa shape index (κ1) is 15.3. The van der Waals surface area contributed by atoms with Gasteiger partial charge in [0.25, 0.3) is 0 Å². The summed E-state index contributed by atoms with van der Waals surface area (Å²) in [6.07, 6.45) is 4.90. The third-order valence-electron chi connectivity index (χ3n) is 4.16. The Bertz CT molecular complexity index is 473. The van der Waals surface area contributed by atoms with Gasteiger partial charge in [0.1, 0.15) is 0 Å². The van der Waals surface area contributed by atoms with Crippen molar-refractivity contribution in [3.63, 3.8) is 0 Å². The van der Waals surface area contributed by atoms with Crippen LogP contribution in [0.25, 0.3) is 0 Å². The molecule has 20 heavy (non-hydrogen) atoms. The van der Waals surface area contributed by atoms with Gasteiger partial charge in [-0.2, -0.15) is 0 Å². The summed E-state index contributed by atoms with van der Waals surface area (Å²) >= 11 is 6.03. The van der Waals surface area contributed by atoms with Crippen molar-refractivity contribution in [2.24, 2.45) is 5.41 Å². The summed E-state index contributed by atoms with van der Waals surface area (Å²) in [7, 11) is 0. The first-order valence-electron chi connectivity index (χ1n) is 7.27. The molecular weight excluding hydrogens is 272 g/mol. The molecule has 0 spiro atoms. The Hall–Kier alpha value is -1.06. The molecule has 110 valence electrons. The maximum Gasteiger partial charge on any atom is 0.238 e. The molecule has 0 bridgehead atoms. The fraction of sp³-hybridized carbons (Fsp3) is 0.562. The molecule has 1 fully saturated rings. The second-order valence-electron chi connectivity index (χ2n) is 6.20.